The highest BCUT2D eigenvalue weighted by Gasteiger charge is 2.28. The molecule has 0 fully saturated rings. The van der Waals surface area contributed by atoms with E-state index in [9.17, 15) is 25.8 Å². The maximum absolute atomic E-state index is 12.1. The quantitative estimate of drug-likeness (QED) is 0.216. The van der Waals surface area contributed by atoms with Crippen LogP contribution in [-0.2, 0) is 20.5 Å². The summed E-state index contributed by atoms with van der Waals surface area (Å²) < 4.78 is 63.9. The van der Waals surface area contributed by atoms with E-state index >= 15 is 0 Å². The Kier molecular flexibility index (Phi) is 6.10. The molecule has 0 amide bonds. The molecule has 3 N–H and O–H groups in total. The Labute approximate surface area is 106 Å². The zero-order valence-electron chi connectivity index (χ0n) is 10.1. The Morgan fingerprint density at radius 3 is 2.17 bits per heavy atom. The highest BCUT2D eigenvalue weighted by atomic mass is 32.3. The molecule has 0 radical (unpaired) electrons. The summed E-state index contributed by atoms with van der Waals surface area (Å²) in [7, 11) is -6.09. The van der Waals surface area contributed by atoms with Crippen molar-refractivity contribution in [3.05, 3.63) is 0 Å². The van der Waals surface area contributed by atoms with E-state index in [1.165, 1.54) is 0 Å². The smallest absolute Gasteiger partial charge is 0.371 e. The molecule has 8 nitrogen and oxygen atoms in total. The molecular formula is C7H18FN2O6S2+. The molecule has 0 aliphatic heterocycles. The molecule has 0 aliphatic carbocycles. The molecular weight excluding hydrogens is 291 g/mol. The molecule has 0 heterocycles. The van der Waals surface area contributed by atoms with Gasteiger partial charge >= 0.3 is 10.4 Å². The van der Waals surface area contributed by atoms with Crippen molar-refractivity contribution in [1.29, 1.82) is 0 Å². The van der Waals surface area contributed by atoms with E-state index in [1.807, 2.05) is 0 Å². The van der Waals surface area contributed by atoms with Gasteiger partial charge in [-0.05, 0) is 0 Å². The Hall–Kier alpha value is -0.330. The SMILES string of the molecule is C[N+](C)(CCCNS(=O)(=O)F)CC(O)S(=O)(=O)O. The lowest BCUT2D eigenvalue weighted by Crippen LogP contribution is -2.48. The van der Waals surface area contributed by atoms with Crippen LogP contribution in [0.2, 0.25) is 0 Å². The Balaban J connectivity index is 4.17. The highest BCUT2D eigenvalue weighted by molar-refractivity contribution is 7.86. The van der Waals surface area contributed by atoms with Crippen molar-refractivity contribution >= 4 is 20.5 Å². The molecule has 1 unspecified atom stereocenters. The molecule has 18 heavy (non-hydrogen) atoms. The summed E-state index contributed by atoms with van der Waals surface area (Å²) in [5.41, 5.74) is -1.91. The molecule has 0 aromatic rings. The van der Waals surface area contributed by atoms with Gasteiger partial charge in [0.05, 0.1) is 20.6 Å². The van der Waals surface area contributed by atoms with Crippen molar-refractivity contribution in [2.45, 2.75) is 11.9 Å². The molecule has 0 aromatic carbocycles. The average Bonchev–Trinajstić information content (AvgIpc) is 2.08. The second-order valence-electron chi connectivity index (χ2n) is 4.50. The van der Waals surface area contributed by atoms with Gasteiger partial charge in [-0.25, -0.2) is 0 Å². The van der Waals surface area contributed by atoms with Crippen molar-refractivity contribution in [3.63, 3.8) is 0 Å². The van der Waals surface area contributed by atoms with Crippen LogP contribution >= 0.6 is 0 Å². The lowest BCUT2D eigenvalue weighted by molar-refractivity contribution is -0.891. The first-order chi connectivity index (χ1) is 7.83. The van der Waals surface area contributed by atoms with Crippen LogP contribution in [0, 0.1) is 0 Å². The topological polar surface area (TPSA) is 121 Å². The molecule has 0 saturated carbocycles. The number of nitrogens with one attached hydrogen (secondary N) is 1. The second kappa shape index (κ2) is 6.21. The zero-order chi connectivity index (χ0) is 14.6. The summed E-state index contributed by atoms with van der Waals surface area (Å²) in [4.78, 5) is 0. The summed E-state index contributed by atoms with van der Waals surface area (Å²) in [5.74, 6) is 0. The third kappa shape index (κ3) is 8.72. The van der Waals surface area contributed by atoms with E-state index in [2.05, 4.69) is 0 Å². The fourth-order valence-corrected chi connectivity index (χ4v) is 2.29. The van der Waals surface area contributed by atoms with Crippen molar-refractivity contribution < 1.29 is 34.9 Å². The van der Waals surface area contributed by atoms with Gasteiger partial charge in [-0.15, -0.1) is 0 Å². The molecule has 11 heteroatoms. The maximum atomic E-state index is 12.1. The van der Waals surface area contributed by atoms with Crippen molar-refractivity contribution in [2.75, 3.05) is 33.7 Å². The Morgan fingerprint density at radius 1 is 1.28 bits per heavy atom. The van der Waals surface area contributed by atoms with Crippen LogP contribution in [-0.4, -0.2) is 70.1 Å². The minimum Gasteiger partial charge on any atom is -0.371 e. The number of rotatable bonds is 8. The number of aliphatic hydroxyl groups is 1. The minimum atomic E-state index is -4.73. The van der Waals surface area contributed by atoms with Gasteiger partial charge in [0, 0.05) is 13.0 Å². The molecule has 0 spiro atoms. The standard InChI is InChI=1S/C7H17FN2O6S2/c1-10(2,6-7(11)17(12,13)14)5-3-4-9-18(8,15)16/h7,9,11H,3-6H2,1-2H3/p+1. The van der Waals surface area contributed by atoms with Gasteiger partial charge in [-0.3, -0.25) is 4.55 Å². The molecule has 0 rings (SSSR count). The zero-order valence-corrected chi connectivity index (χ0v) is 11.7. The summed E-state index contributed by atoms with van der Waals surface area (Å²) in [5, 5.41) is 9.18. The number of halogens is 1. The molecule has 0 saturated heterocycles. The number of aliphatic hydroxyl groups excluding tert-OH is 1. The number of nitrogens with zero attached hydrogens (tertiary/aromatic N) is 1. The normalized spacial score (nSPS) is 15.6. The van der Waals surface area contributed by atoms with Crippen molar-refractivity contribution in [2.24, 2.45) is 0 Å². The first kappa shape index (κ1) is 17.7. The molecule has 0 bridgehead atoms. The maximum Gasteiger partial charge on any atom is 0.372 e. The Morgan fingerprint density at radius 2 is 1.78 bits per heavy atom. The first-order valence-electron chi connectivity index (χ1n) is 4.99. The van der Waals surface area contributed by atoms with Gasteiger partial charge in [0.25, 0.3) is 10.1 Å². The number of quaternary nitrogens is 1. The van der Waals surface area contributed by atoms with Gasteiger partial charge in [0.2, 0.25) is 5.44 Å². The highest BCUT2D eigenvalue weighted by Crippen LogP contribution is 2.05. The molecule has 110 valence electrons. The minimum absolute atomic E-state index is 0.0228. The largest absolute Gasteiger partial charge is 0.372 e. The summed E-state index contributed by atoms with van der Waals surface area (Å²) in [6, 6.07) is 0. The van der Waals surface area contributed by atoms with Crippen LogP contribution in [0.3, 0.4) is 0 Å². The van der Waals surface area contributed by atoms with Crippen molar-refractivity contribution in [3.8, 4) is 0 Å². The van der Waals surface area contributed by atoms with E-state index in [0.717, 1.165) is 0 Å². The van der Waals surface area contributed by atoms with E-state index in [1.54, 1.807) is 18.8 Å². The molecule has 0 aliphatic rings. The van der Waals surface area contributed by atoms with E-state index in [-0.39, 0.29) is 30.5 Å². The molecule has 0 aromatic heterocycles. The van der Waals surface area contributed by atoms with E-state index < -0.39 is 26.0 Å². The summed E-state index contributed by atoms with van der Waals surface area (Å²) in [6.45, 7) is -0.112. The fourth-order valence-electron chi connectivity index (χ4n) is 1.31. The van der Waals surface area contributed by atoms with Crippen LogP contribution in [0.15, 0.2) is 0 Å². The van der Waals surface area contributed by atoms with E-state index in [4.69, 9.17) is 4.55 Å². The van der Waals surface area contributed by atoms with Gasteiger partial charge < -0.3 is 9.59 Å². The van der Waals surface area contributed by atoms with Crippen LogP contribution in [0.4, 0.5) is 3.89 Å². The Bertz CT molecular complexity index is 460. The van der Waals surface area contributed by atoms with Crippen LogP contribution in [0.25, 0.3) is 0 Å². The number of hydrogen-bond donors (Lipinski definition) is 3. The first-order valence-corrected chi connectivity index (χ1v) is 7.88. The predicted octanol–water partition coefficient (Wildman–Crippen LogP) is -1.54. The van der Waals surface area contributed by atoms with Gasteiger partial charge in [0.15, 0.2) is 0 Å². The second-order valence-corrected chi connectivity index (χ2v) is 7.24. The van der Waals surface area contributed by atoms with Gasteiger partial charge in [-0.2, -0.15) is 21.6 Å². The van der Waals surface area contributed by atoms with Crippen LogP contribution in [0.5, 0.6) is 0 Å². The average molecular weight is 309 g/mol. The fraction of sp³-hybridized carbons (Fsp3) is 1.00. The predicted molar refractivity (Wildman–Crippen MR) is 62.0 cm³/mol. The lowest BCUT2D eigenvalue weighted by atomic mass is 10.3. The van der Waals surface area contributed by atoms with Crippen LogP contribution in [0.1, 0.15) is 6.42 Å². The van der Waals surface area contributed by atoms with Gasteiger partial charge in [0.1, 0.15) is 6.54 Å². The summed E-state index contributed by atoms with van der Waals surface area (Å²) >= 11 is 0. The number of likely N-dealkylation sites (N-methyl/N-ethyl adjacent to an activating group) is 1. The third-order valence-corrected chi connectivity index (χ3v) is 3.59. The lowest BCUT2D eigenvalue weighted by Gasteiger charge is -2.30. The monoisotopic (exact) mass is 309 g/mol. The number of hydrogen-bond acceptors (Lipinski definition) is 5. The van der Waals surface area contributed by atoms with Gasteiger partial charge in [-0.1, -0.05) is 3.89 Å². The third-order valence-electron chi connectivity index (χ3n) is 2.21. The van der Waals surface area contributed by atoms with Crippen LogP contribution < -0.4 is 4.72 Å². The van der Waals surface area contributed by atoms with Crippen molar-refractivity contribution in [1.82, 2.24) is 4.72 Å². The summed E-state index contributed by atoms with van der Waals surface area (Å²) in [6.07, 6.45) is 0.244. The van der Waals surface area contributed by atoms with E-state index in [0.29, 0.717) is 0 Å². The molecule has 1 atom stereocenters.